The summed E-state index contributed by atoms with van der Waals surface area (Å²) >= 11 is 1.77. The Bertz CT molecular complexity index is 323. The minimum Gasteiger partial charge on any atom is -0.273 e. The molecule has 0 N–H and O–H groups in total. The minimum atomic E-state index is 0.861. The van der Waals surface area contributed by atoms with Gasteiger partial charge in [-0.05, 0) is 44.4 Å². The SMILES string of the molecule is C=N\C=C/C=C(C)/N=C(/CC1CCCC1)SC. The highest BCUT2D eigenvalue weighted by Gasteiger charge is 2.16. The normalized spacial score (nSPS) is 19.2. The first-order chi connectivity index (χ1) is 8.26. The summed E-state index contributed by atoms with van der Waals surface area (Å²) in [5, 5.41) is 1.26. The Morgan fingerprint density at radius 1 is 1.41 bits per heavy atom. The first-order valence-corrected chi connectivity index (χ1v) is 7.39. The summed E-state index contributed by atoms with van der Waals surface area (Å²) in [5.74, 6) is 0.861. The highest BCUT2D eigenvalue weighted by molar-refractivity contribution is 8.13. The van der Waals surface area contributed by atoms with Crippen LogP contribution in [-0.2, 0) is 0 Å². The molecule has 0 spiro atoms. The minimum absolute atomic E-state index is 0.861. The van der Waals surface area contributed by atoms with Crippen LogP contribution in [0.3, 0.4) is 0 Å². The first kappa shape index (κ1) is 14.2. The Morgan fingerprint density at radius 2 is 2.12 bits per heavy atom. The van der Waals surface area contributed by atoms with E-state index in [1.54, 1.807) is 18.0 Å². The second-order valence-corrected chi connectivity index (χ2v) is 5.28. The zero-order chi connectivity index (χ0) is 12.5. The summed E-state index contributed by atoms with van der Waals surface area (Å²) < 4.78 is 0. The Morgan fingerprint density at radius 3 is 2.71 bits per heavy atom. The van der Waals surface area contributed by atoms with E-state index in [0.29, 0.717) is 0 Å². The van der Waals surface area contributed by atoms with E-state index in [-0.39, 0.29) is 0 Å². The standard InChI is InChI=1S/C14H22N2S/c1-12(7-6-10-15-2)16-14(17-3)11-13-8-4-5-9-13/h6-7,10,13H,2,4-5,8-9,11H2,1,3H3/b10-6-,12-7+,16-14-. The van der Waals surface area contributed by atoms with E-state index in [1.807, 2.05) is 19.1 Å². The van der Waals surface area contributed by atoms with Gasteiger partial charge in [0, 0.05) is 11.9 Å². The summed E-state index contributed by atoms with van der Waals surface area (Å²) in [6.45, 7) is 5.42. The molecule has 94 valence electrons. The lowest BCUT2D eigenvalue weighted by Crippen LogP contribution is -2.01. The number of allylic oxidation sites excluding steroid dienone is 3. The van der Waals surface area contributed by atoms with Gasteiger partial charge in [0.2, 0.25) is 0 Å². The van der Waals surface area contributed by atoms with Gasteiger partial charge in [-0.15, -0.1) is 11.8 Å². The van der Waals surface area contributed by atoms with Gasteiger partial charge in [0.15, 0.2) is 0 Å². The molecule has 0 aromatic rings. The van der Waals surface area contributed by atoms with Crippen molar-refractivity contribution in [3.63, 3.8) is 0 Å². The van der Waals surface area contributed by atoms with Gasteiger partial charge < -0.3 is 0 Å². The van der Waals surface area contributed by atoms with Crippen LogP contribution >= 0.6 is 11.8 Å². The van der Waals surface area contributed by atoms with Gasteiger partial charge in [0.05, 0.1) is 5.04 Å². The molecular weight excluding hydrogens is 228 g/mol. The topological polar surface area (TPSA) is 24.7 Å². The van der Waals surface area contributed by atoms with Crippen molar-refractivity contribution in [2.24, 2.45) is 15.9 Å². The maximum Gasteiger partial charge on any atom is 0.0734 e. The van der Waals surface area contributed by atoms with E-state index in [2.05, 4.69) is 23.0 Å². The van der Waals surface area contributed by atoms with Crippen LogP contribution in [0.4, 0.5) is 0 Å². The summed E-state index contributed by atoms with van der Waals surface area (Å²) in [4.78, 5) is 8.32. The Labute approximate surface area is 109 Å². The van der Waals surface area contributed by atoms with Crippen molar-refractivity contribution in [2.75, 3.05) is 6.26 Å². The monoisotopic (exact) mass is 250 g/mol. The van der Waals surface area contributed by atoms with E-state index >= 15 is 0 Å². The van der Waals surface area contributed by atoms with Crippen LogP contribution in [0.2, 0.25) is 0 Å². The number of thioether (sulfide) groups is 1. The Kier molecular flexibility index (Phi) is 6.94. The molecule has 0 amide bonds. The average molecular weight is 250 g/mol. The average Bonchev–Trinajstić information content (AvgIpc) is 2.81. The fourth-order valence-corrected chi connectivity index (χ4v) is 2.75. The molecule has 1 fully saturated rings. The summed E-state index contributed by atoms with van der Waals surface area (Å²) in [6, 6.07) is 0. The summed E-state index contributed by atoms with van der Waals surface area (Å²) in [5.41, 5.74) is 1.03. The summed E-state index contributed by atoms with van der Waals surface area (Å²) in [6.07, 6.45) is 14.3. The highest BCUT2D eigenvalue weighted by atomic mass is 32.2. The second kappa shape index (κ2) is 8.29. The van der Waals surface area contributed by atoms with Crippen LogP contribution in [0.15, 0.2) is 34.0 Å². The molecule has 0 aromatic carbocycles. The maximum absolute atomic E-state index is 4.66. The smallest absolute Gasteiger partial charge is 0.0734 e. The molecule has 1 rings (SSSR count). The quantitative estimate of drug-likeness (QED) is 0.402. The molecule has 1 aliphatic carbocycles. The van der Waals surface area contributed by atoms with Gasteiger partial charge in [0.25, 0.3) is 0 Å². The maximum atomic E-state index is 4.66. The van der Waals surface area contributed by atoms with E-state index in [4.69, 9.17) is 0 Å². The van der Waals surface area contributed by atoms with Crippen molar-refractivity contribution in [3.8, 4) is 0 Å². The third-order valence-corrected chi connectivity index (χ3v) is 3.73. The predicted octanol–water partition coefficient (Wildman–Crippen LogP) is 4.45. The fraction of sp³-hybridized carbons (Fsp3) is 0.571. The lowest BCUT2D eigenvalue weighted by atomic mass is 10.1. The molecule has 0 aliphatic heterocycles. The predicted molar refractivity (Wildman–Crippen MR) is 80.0 cm³/mol. The molecule has 1 saturated carbocycles. The van der Waals surface area contributed by atoms with E-state index in [0.717, 1.165) is 18.0 Å². The molecular formula is C14H22N2S. The number of aliphatic imine (C=N–C) groups is 2. The van der Waals surface area contributed by atoms with E-state index in [1.165, 1.54) is 30.7 Å². The molecule has 0 unspecified atom stereocenters. The lowest BCUT2D eigenvalue weighted by Gasteiger charge is -2.09. The van der Waals surface area contributed by atoms with Gasteiger partial charge in [-0.2, -0.15) is 0 Å². The molecule has 2 nitrogen and oxygen atoms in total. The van der Waals surface area contributed by atoms with Crippen LogP contribution in [0, 0.1) is 5.92 Å². The lowest BCUT2D eigenvalue weighted by molar-refractivity contribution is 0.576. The molecule has 3 heteroatoms. The zero-order valence-corrected chi connectivity index (χ0v) is 11.7. The van der Waals surface area contributed by atoms with Crippen molar-refractivity contribution < 1.29 is 0 Å². The molecule has 0 radical (unpaired) electrons. The highest BCUT2D eigenvalue weighted by Crippen LogP contribution is 2.29. The van der Waals surface area contributed by atoms with E-state index in [9.17, 15) is 0 Å². The molecule has 0 heterocycles. The van der Waals surface area contributed by atoms with Crippen LogP contribution in [-0.4, -0.2) is 18.0 Å². The van der Waals surface area contributed by atoms with E-state index < -0.39 is 0 Å². The number of nitrogens with zero attached hydrogens (tertiary/aromatic N) is 2. The van der Waals surface area contributed by atoms with Crippen molar-refractivity contribution in [3.05, 3.63) is 24.0 Å². The number of rotatable bonds is 5. The van der Waals surface area contributed by atoms with Crippen LogP contribution in [0.25, 0.3) is 0 Å². The third kappa shape index (κ3) is 5.87. The molecule has 0 saturated heterocycles. The van der Waals surface area contributed by atoms with Crippen molar-refractivity contribution in [1.29, 1.82) is 0 Å². The summed E-state index contributed by atoms with van der Waals surface area (Å²) in [7, 11) is 0. The van der Waals surface area contributed by atoms with Crippen LogP contribution in [0.5, 0.6) is 0 Å². The van der Waals surface area contributed by atoms with Gasteiger partial charge in [0.1, 0.15) is 0 Å². The van der Waals surface area contributed by atoms with Crippen LogP contribution < -0.4 is 0 Å². The molecule has 1 aliphatic rings. The third-order valence-electron chi connectivity index (χ3n) is 3.00. The van der Waals surface area contributed by atoms with Crippen molar-refractivity contribution in [2.45, 2.75) is 39.0 Å². The van der Waals surface area contributed by atoms with Gasteiger partial charge >= 0.3 is 0 Å². The number of hydrogen-bond donors (Lipinski definition) is 0. The largest absolute Gasteiger partial charge is 0.273 e. The number of hydrogen-bond acceptors (Lipinski definition) is 3. The first-order valence-electron chi connectivity index (χ1n) is 6.17. The second-order valence-electron chi connectivity index (χ2n) is 4.40. The van der Waals surface area contributed by atoms with Gasteiger partial charge in [-0.1, -0.05) is 25.7 Å². The zero-order valence-electron chi connectivity index (χ0n) is 10.9. The van der Waals surface area contributed by atoms with Crippen LogP contribution in [0.1, 0.15) is 39.0 Å². The van der Waals surface area contributed by atoms with Gasteiger partial charge in [-0.25, -0.2) is 0 Å². The molecule has 0 atom stereocenters. The Balaban J connectivity index is 2.54. The fourth-order valence-electron chi connectivity index (χ4n) is 2.11. The molecule has 17 heavy (non-hydrogen) atoms. The Hall–Kier alpha value is -0.830. The van der Waals surface area contributed by atoms with Crippen molar-refractivity contribution >= 4 is 23.5 Å². The molecule has 0 bridgehead atoms. The molecule has 0 aromatic heterocycles. The van der Waals surface area contributed by atoms with Crippen molar-refractivity contribution in [1.82, 2.24) is 0 Å². The van der Waals surface area contributed by atoms with Gasteiger partial charge in [-0.3, -0.25) is 9.98 Å².